The van der Waals surface area contributed by atoms with Crippen LogP contribution in [0.1, 0.15) is 48.9 Å². The first-order valence-corrected chi connectivity index (χ1v) is 12.6. The summed E-state index contributed by atoms with van der Waals surface area (Å²) in [6, 6.07) is 14.2. The van der Waals surface area contributed by atoms with Gasteiger partial charge in [-0.25, -0.2) is 0 Å². The van der Waals surface area contributed by atoms with Gasteiger partial charge in [0.2, 0.25) is 5.91 Å². The Morgan fingerprint density at radius 2 is 2.06 bits per heavy atom. The molecule has 1 aromatic heterocycles. The molecule has 34 heavy (non-hydrogen) atoms. The number of carbonyl (C=O) groups is 1. The molecule has 8 heteroatoms. The fourth-order valence-corrected chi connectivity index (χ4v) is 5.73. The molecule has 0 spiro atoms. The first kappa shape index (κ1) is 22.5. The lowest BCUT2D eigenvalue weighted by Crippen LogP contribution is -2.37. The van der Waals surface area contributed by atoms with Gasteiger partial charge in [-0.3, -0.25) is 4.79 Å². The zero-order valence-electron chi connectivity index (χ0n) is 19.2. The average Bonchev–Trinajstić information content (AvgIpc) is 3.64. The maximum atomic E-state index is 12.5. The van der Waals surface area contributed by atoms with Crippen LogP contribution in [0.15, 0.2) is 36.4 Å². The molecule has 0 saturated carbocycles. The normalized spacial score (nSPS) is 16.9. The van der Waals surface area contributed by atoms with Crippen LogP contribution < -0.4 is 10.1 Å². The van der Waals surface area contributed by atoms with Gasteiger partial charge in [0.05, 0.1) is 18.7 Å². The quantitative estimate of drug-likeness (QED) is 0.549. The molecule has 2 aromatic carbocycles. The monoisotopic (exact) mass is 473 g/mol. The lowest BCUT2D eigenvalue weighted by atomic mass is 10.0. The molecule has 1 unspecified atom stereocenters. The highest BCUT2D eigenvalue weighted by molar-refractivity contribution is 7.17. The van der Waals surface area contributed by atoms with E-state index < -0.39 is 0 Å². The van der Waals surface area contributed by atoms with Crippen molar-refractivity contribution in [1.82, 2.24) is 20.4 Å². The zero-order valence-corrected chi connectivity index (χ0v) is 20.0. The molecule has 1 aliphatic heterocycles. The Morgan fingerprint density at radius 1 is 1.24 bits per heavy atom. The smallest absolute Gasteiger partial charge is 0.236 e. The van der Waals surface area contributed by atoms with E-state index in [1.807, 2.05) is 30.0 Å². The van der Waals surface area contributed by atoms with Crippen LogP contribution in [0.2, 0.25) is 0 Å². The summed E-state index contributed by atoms with van der Waals surface area (Å²) in [6.45, 7) is 4.57. The second kappa shape index (κ2) is 9.92. The molecule has 1 aliphatic carbocycles. The molecule has 1 N–H and O–H groups in total. The fourth-order valence-electron chi connectivity index (χ4n) is 4.84. The Labute approximate surface area is 203 Å². The molecule has 2 heterocycles. The summed E-state index contributed by atoms with van der Waals surface area (Å²) < 4.78 is 5.53. The highest BCUT2D eigenvalue weighted by Gasteiger charge is 2.27. The molecule has 0 bridgehead atoms. The van der Waals surface area contributed by atoms with E-state index in [2.05, 4.69) is 39.8 Å². The van der Waals surface area contributed by atoms with Gasteiger partial charge < -0.3 is 15.0 Å². The van der Waals surface area contributed by atoms with Gasteiger partial charge in [0, 0.05) is 30.3 Å². The number of hydrogen-bond donors (Lipinski definition) is 1. The maximum absolute atomic E-state index is 12.5. The Bertz CT molecular complexity index is 1240. The third-order valence-corrected chi connectivity index (χ3v) is 7.54. The summed E-state index contributed by atoms with van der Waals surface area (Å²) >= 11 is 1.53. The largest absolute Gasteiger partial charge is 0.492 e. The summed E-state index contributed by atoms with van der Waals surface area (Å²) in [6.07, 6.45) is 4.13. The molecule has 5 rings (SSSR count). The maximum Gasteiger partial charge on any atom is 0.236 e. The van der Waals surface area contributed by atoms with Crippen LogP contribution in [-0.4, -0.2) is 47.2 Å². The molecule has 0 radical (unpaired) electrons. The van der Waals surface area contributed by atoms with Crippen molar-refractivity contribution in [3.63, 3.8) is 0 Å². The number of carbonyl (C=O) groups excluding carboxylic acids is 1. The molecule has 174 valence electrons. The lowest BCUT2D eigenvalue weighted by molar-refractivity contribution is -0.129. The minimum atomic E-state index is 0.179. The van der Waals surface area contributed by atoms with E-state index in [0.29, 0.717) is 24.5 Å². The Balaban J connectivity index is 1.34. The van der Waals surface area contributed by atoms with Gasteiger partial charge in [-0.2, -0.15) is 5.26 Å². The predicted octanol–water partition coefficient (Wildman–Crippen LogP) is 4.34. The summed E-state index contributed by atoms with van der Waals surface area (Å²) in [7, 11) is 0. The minimum Gasteiger partial charge on any atom is -0.492 e. The van der Waals surface area contributed by atoms with Gasteiger partial charge in [0.1, 0.15) is 21.8 Å². The van der Waals surface area contributed by atoms with Gasteiger partial charge in [-0.1, -0.05) is 29.5 Å². The number of fused-ring (bicyclic) bond motifs is 1. The van der Waals surface area contributed by atoms with E-state index in [-0.39, 0.29) is 11.9 Å². The predicted molar refractivity (Wildman–Crippen MR) is 132 cm³/mol. The van der Waals surface area contributed by atoms with E-state index in [9.17, 15) is 10.1 Å². The van der Waals surface area contributed by atoms with E-state index in [4.69, 9.17) is 4.74 Å². The third kappa shape index (κ3) is 4.41. The highest BCUT2D eigenvalue weighted by atomic mass is 32.1. The summed E-state index contributed by atoms with van der Waals surface area (Å²) in [5.74, 6) is 0.782. The van der Waals surface area contributed by atoms with Gasteiger partial charge in [0.25, 0.3) is 0 Å². The first-order valence-electron chi connectivity index (χ1n) is 11.8. The summed E-state index contributed by atoms with van der Waals surface area (Å²) in [5, 5.41) is 23.5. The molecular formula is C26H27N5O2S. The molecule has 1 saturated heterocycles. The summed E-state index contributed by atoms with van der Waals surface area (Å²) in [4.78, 5) is 14.4. The third-order valence-electron chi connectivity index (χ3n) is 6.53. The van der Waals surface area contributed by atoms with Crippen LogP contribution in [0.25, 0.3) is 21.1 Å². The van der Waals surface area contributed by atoms with Crippen molar-refractivity contribution in [2.24, 2.45) is 0 Å². The van der Waals surface area contributed by atoms with Gasteiger partial charge in [0.15, 0.2) is 0 Å². The van der Waals surface area contributed by atoms with Gasteiger partial charge in [-0.05, 0) is 61.9 Å². The standard InChI is InChI=1S/C26H27N5O2S/c1-2-33-23-11-8-17(14-18(23)15-27)25-29-30-26(34-25)21-7-5-6-20-19(21)9-10-22(20)28-16-24(32)31-12-3-4-13-31/h5-8,11,14,22,28H,2-4,9-10,12-13,16H2,1H3. The van der Waals surface area contributed by atoms with E-state index in [1.54, 1.807) is 0 Å². The lowest BCUT2D eigenvalue weighted by Gasteiger charge is -2.19. The Kier molecular flexibility index (Phi) is 6.57. The number of benzene rings is 2. The Morgan fingerprint density at radius 3 is 2.85 bits per heavy atom. The van der Waals surface area contributed by atoms with Crippen LogP contribution in [0.3, 0.4) is 0 Å². The molecule has 3 aromatic rings. The number of nitrogens with one attached hydrogen (secondary N) is 1. The van der Waals surface area contributed by atoms with E-state index >= 15 is 0 Å². The van der Waals surface area contributed by atoms with Crippen molar-refractivity contribution in [1.29, 1.82) is 5.26 Å². The van der Waals surface area contributed by atoms with Crippen molar-refractivity contribution < 1.29 is 9.53 Å². The van der Waals surface area contributed by atoms with Crippen LogP contribution in [0, 0.1) is 11.3 Å². The van der Waals surface area contributed by atoms with Crippen LogP contribution in [0.4, 0.5) is 0 Å². The zero-order chi connectivity index (χ0) is 23.5. The number of likely N-dealkylation sites (tertiary alicyclic amines) is 1. The number of ether oxygens (including phenoxy) is 1. The van der Waals surface area contributed by atoms with Crippen molar-refractivity contribution in [3.05, 3.63) is 53.1 Å². The first-order chi connectivity index (χ1) is 16.7. The number of aromatic nitrogens is 2. The topological polar surface area (TPSA) is 91.1 Å². The number of nitriles is 1. The molecule has 2 aliphatic rings. The molecule has 1 atom stereocenters. The van der Waals surface area contributed by atoms with Gasteiger partial charge in [-0.15, -0.1) is 10.2 Å². The fraction of sp³-hybridized carbons (Fsp3) is 0.385. The molecule has 1 amide bonds. The van der Waals surface area contributed by atoms with E-state index in [0.717, 1.165) is 59.9 Å². The van der Waals surface area contributed by atoms with Crippen LogP contribution in [-0.2, 0) is 11.2 Å². The number of amides is 1. The summed E-state index contributed by atoms with van der Waals surface area (Å²) in [5.41, 5.74) is 4.98. The van der Waals surface area contributed by atoms with Crippen LogP contribution >= 0.6 is 11.3 Å². The Hall–Kier alpha value is -3.28. The van der Waals surface area contributed by atoms with Crippen molar-refractivity contribution in [2.45, 2.75) is 38.6 Å². The van der Waals surface area contributed by atoms with Crippen molar-refractivity contribution in [3.8, 4) is 33.0 Å². The number of hydrogen-bond acceptors (Lipinski definition) is 7. The second-order valence-electron chi connectivity index (χ2n) is 8.60. The van der Waals surface area contributed by atoms with Crippen LogP contribution in [0.5, 0.6) is 5.75 Å². The second-order valence-corrected chi connectivity index (χ2v) is 9.58. The number of nitrogens with zero attached hydrogens (tertiary/aromatic N) is 4. The van der Waals surface area contributed by atoms with Crippen molar-refractivity contribution in [2.75, 3.05) is 26.2 Å². The highest BCUT2D eigenvalue weighted by Crippen LogP contribution is 2.40. The SMILES string of the molecule is CCOc1ccc(-c2nnc(-c3cccc4c3CCC4NCC(=O)N3CCCC3)s2)cc1C#N. The minimum absolute atomic E-state index is 0.179. The molecule has 1 fully saturated rings. The molecule has 7 nitrogen and oxygen atoms in total. The van der Waals surface area contributed by atoms with E-state index in [1.165, 1.54) is 22.5 Å². The molecular weight excluding hydrogens is 446 g/mol. The van der Waals surface area contributed by atoms with Crippen molar-refractivity contribution >= 4 is 17.2 Å². The average molecular weight is 474 g/mol. The number of rotatable bonds is 7. The van der Waals surface area contributed by atoms with Gasteiger partial charge >= 0.3 is 0 Å².